The fourth-order valence-electron chi connectivity index (χ4n) is 3.11. The Morgan fingerprint density at radius 1 is 1.47 bits per heavy atom. The number of carbonyl (C=O) groups is 1. The van der Waals surface area contributed by atoms with E-state index in [2.05, 4.69) is 22.5 Å². The molecule has 1 amide bonds. The Morgan fingerprint density at radius 2 is 2.37 bits per heavy atom. The van der Waals surface area contributed by atoms with Crippen molar-refractivity contribution < 1.29 is 4.79 Å². The van der Waals surface area contributed by atoms with E-state index in [0.29, 0.717) is 11.7 Å². The van der Waals surface area contributed by atoms with Gasteiger partial charge in [0.2, 0.25) is 5.95 Å². The lowest BCUT2D eigenvalue weighted by Crippen LogP contribution is -2.38. The molecule has 5 nitrogen and oxygen atoms in total. The van der Waals surface area contributed by atoms with Crippen molar-refractivity contribution in [2.75, 3.05) is 11.9 Å². The fraction of sp³-hybridized carbons (Fsp3) is 0.714. The molecule has 2 atom stereocenters. The van der Waals surface area contributed by atoms with E-state index < -0.39 is 0 Å². The van der Waals surface area contributed by atoms with Crippen molar-refractivity contribution >= 4 is 11.9 Å². The first kappa shape index (κ1) is 12.5. The van der Waals surface area contributed by atoms with Gasteiger partial charge in [0.25, 0.3) is 5.91 Å². The van der Waals surface area contributed by atoms with Crippen LogP contribution >= 0.6 is 0 Å². The monoisotopic (exact) mass is 262 g/mol. The maximum atomic E-state index is 12.2. The van der Waals surface area contributed by atoms with Crippen molar-refractivity contribution in [2.24, 2.45) is 5.92 Å². The molecule has 0 bridgehead atoms. The second kappa shape index (κ2) is 5.23. The Labute approximate surface area is 113 Å². The molecule has 19 heavy (non-hydrogen) atoms. The van der Waals surface area contributed by atoms with Crippen LogP contribution in [0.1, 0.15) is 49.5 Å². The number of anilines is 1. The summed E-state index contributed by atoms with van der Waals surface area (Å²) >= 11 is 0. The molecule has 5 heteroatoms. The van der Waals surface area contributed by atoms with Crippen LogP contribution in [0.15, 0.2) is 6.20 Å². The number of hydrogen-bond donors (Lipinski definition) is 2. The number of nitrogens with zero attached hydrogens (tertiary/aromatic N) is 2. The first-order valence-corrected chi connectivity index (χ1v) is 7.34. The third-order valence-electron chi connectivity index (χ3n) is 4.14. The van der Waals surface area contributed by atoms with Crippen molar-refractivity contribution in [3.8, 4) is 0 Å². The number of aromatic nitrogens is 2. The minimum Gasteiger partial charge on any atom is -0.356 e. The van der Waals surface area contributed by atoms with Gasteiger partial charge >= 0.3 is 0 Å². The molecule has 104 valence electrons. The summed E-state index contributed by atoms with van der Waals surface area (Å²) in [6, 6.07) is 0.322. The quantitative estimate of drug-likeness (QED) is 0.857. The van der Waals surface area contributed by atoms with Gasteiger partial charge in [0.05, 0.1) is 0 Å². The van der Waals surface area contributed by atoms with E-state index in [-0.39, 0.29) is 5.91 Å². The number of imidazole rings is 1. The topological polar surface area (TPSA) is 59.0 Å². The first-order valence-electron chi connectivity index (χ1n) is 7.34. The van der Waals surface area contributed by atoms with Gasteiger partial charge in [-0.05, 0) is 25.2 Å². The summed E-state index contributed by atoms with van der Waals surface area (Å²) in [5, 5.41) is 6.35. The molecule has 2 aliphatic rings. The standard InChI is InChI=1S/C14H22N4O/c1-10-4-2-5-11(8-10)16-13(19)12-9-18-7-3-6-15-14(18)17-12/h9-11H,2-8H2,1H3,(H,15,17)(H,16,19). The first-order chi connectivity index (χ1) is 9.22. The molecule has 2 unspecified atom stereocenters. The molecule has 1 aliphatic heterocycles. The van der Waals surface area contributed by atoms with E-state index in [4.69, 9.17) is 0 Å². The predicted octanol–water partition coefficient (Wildman–Crippen LogP) is 2.01. The summed E-state index contributed by atoms with van der Waals surface area (Å²) in [4.78, 5) is 16.6. The van der Waals surface area contributed by atoms with E-state index in [1.165, 1.54) is 12.8 Å². The van der Waals surface area contributed by atoms with Crippen LogP contribution in [-0.2, 0) is 6.54 Å². The number of carbonyl (C=O) groups excluding carboxylic acids is 1. The molecule has 0 aromatic carbocycles. The number of nitrogens with one attached hydrogen (secondary N) is 2. The van der Waals surface area contributed by atoms with Crippen molar-refractivity contribution in [2.45, 2.75) is 51.6 Å². The molecular weight excluding hydrogens is 240 g/mol. The second-order valence-electron chi connectivity index (χ2n) is 5.87. The Hall–Kier alpha value is -1.52. The summed E-state index contributed by atoms with van der Waals surface area (Å²) in [6.07, 6.45) is 7.65. The molecule has 2 heterocycles. The van der Waals surface area contributed by atoms with E-state index in [1.54, 1.807) is 0 Å². The Morgan fingerprint density at radius 3 is 3.16 bits per heavy atom. The third-order valence-corrected chi connectivity index (χ3v) is 4.14. The average molecular weight is 262 g/mol. The zero-order valence-electron chi connectivity index (χ0n) is 11.5. The Bertz CT molecular complexity index is 445. The summed E-state index contributed by atoms with van der Waals surface area (Å²) < 4.78 is 2.03. The van der Waals surface area contributed by atoms with Gasteiger partial charge in [-0.1, -0.05) is 19.8 Å². The van der Waals surface area contributed by atoms with Crippen LogP contribution in [0.3, 0.4) is 0 Å². The predicted molar refractivity (Wildman–Crippen MR) is 74.2 cm³/mol. The minimum atomic E-state index is -0.0252. The SMILES string of the molecule is CC1CCCC(NC(=O)c2cn3c(n2)NCCC3)C1. The van der Waals surface area contributed by atoms with Crippen LogP contribution in [0, 0.1) is 5.92 Å². The smallest absolute Gasteiger partial charge is 0.271 e. The molecule has 3 rings (SSSR count). The van der Waals surface area contributed by atoms with Crippen molar-refractivity contribution in [1.29, 1.82) is 0 Å². The van der Waals surface area contributed by atoms with Crippen LogP contribution in [0.25, 0.3) is 0 Å². The molecule has 1 aliphatic carbocycles. The van der Waals surface area contributed by atoms with E-state index in [1.807, 2.05) is 10.8 Å². The van der Waals surface area contributed by atoms with Crippen LogP contribution in [0.5, 0.6) is 0 Å². The van der Waals surface area contributed by atoms with Crippen molar-refractivity contribution in [3.63, 3.8) is 0 Å². The molecule has 2 N–H and O–H groups in total. The van der Waals surface area contributed by atoms with Crippen LogP contribution in [-0.4, -0.2) is 28.0 Å². The van der Waals surface area contributed by atoms with Gasteiger partial charge in [-0.25, -0.2) is 4.98 Å². The lowest BCUT2D eigenvalue weighted by molar-refractivity contribution is 0.0916. The fourth-order valence-corrected chi connectivity index (χ4v) is 3.11. The molecule has 1 fully saturated rings. The van der Waals surface area contributed by atoms with Crippen LogP contribution in [0.4, 0.5) is 5.95 Å². The number of rotatable bonds is 2. The Kier molecular flexibility index (Phi) is 3.44. The maximum Gasteiger partial charge on any atom is 0.271 e. The maximum absolute atomic E-state index is 12.2. The summed E-state index contributed by atoms with van der Waals surface area (Å²) in [5.41, 5.74) is 0.544. The van der Waals surface area contributed by atoms with Crippen LogP contribution in [0.2, 0.25) is 0 Å². The lowest BCUT2D eigenvalue weighted by atomic mass is 9.87. The van der Waals surface area contributed by atoms with Crippen molar-refractivity contribution in [3.05, 3.63) is 11.9 Å². The van der Waals surface area contributed by atoms with Gasteiger partial charge in [0.1, 0.15) is 5.69 Å². The summed E-state index contributed by atoms with van der Waals surface area (Å²) in [7, 11) is 0. The highest BCUT2D eigenvalue weighted by molar-refractivity contribution is 5.92. The second-order valence-corrected chi connectivity index (χ2v) is 5.87. The molecule has 1 saturated carbocycles. The molecule has 1 aromatic rings. The molecular formula is C14H22N4O. The Balaban J connectivity index is 1.65. The van der Waals surface area contributed by atoms with Gasteiger partial charge in [-0.15, -0.1) is 0 Å². The van der Waals surface area contributed by atoms with Crippen molar-refractivity contribution in [1.82, 2.24) is 14.9 Å². The molecule has 0 saturated heterocycles. The zero-order chi connectivity index (χ0) is 13.2. The lowest BCUT2D eigenvalue weighted by Gasteiger charge is -2.27. The summed E-state index contributed by atoms with van der Waals surface area (Å²) in [6.45, 7) is 4.15. The van der Waals surface area contributed by atoms with Gasteiger partial charge in [-0.2, -0.15) is 0 Å². The highest BCUT2D eigenvalue weighted by Crippen LogP contribution is 2.24. The third kappa shape index (κ3) is 2.74. The largest absolute Gasteiger partial charge is 0.356 e. The highest BCUT2D eigenvalue weighted by atomic mass is 16.2. The van der Waals surface area contributed by atoms with E-state index in [9.17, 15) is 4.79 Å². The normalized spacial score (nSPS) is 26.4. The van der Waals surface area contributed by atoms with Gasteiger partial charge in [0.15, 0.2) is 0 Å². The van der Waals surface area contributed by atoms with Crippen LogP contribution < -0.4 is 10.6 Å². The number of hydrogen-bond acceptors (Lipinski definition) is 3. The summed E-state index contributed by atoms with van der Waals surface area (Å²) in [5.74, 6) is 1.52. The molecule has 0 spiro atoms. The van der Waals surface area contributed by atoms with Gasteiger partial charge in [0, 0.05) is 25.3 Å². The highest BCUT2D eigenvalue weighted by Gasteiger charge is 2.23. The molecule has 1 aromatic heterocycles. The number of amides is 1. The molecule has 0 radical (unpaired) electrons. The average Bonchev–Trinajstić information content (AvgIpc) is 2.82. The number of fused-ring (bicyclic) bond motifs is 1. The minimum absolute atomic E-state index is 0.0252. The van der Waals surface area contributed by atoms with Gasteiger partial charge < -0.3 is 15.2 Å². The zero-order valence-corrected chi connectivity index (χ0v) is 11.5. The van der Waals surface area contributed by atoms with E-state index in [0.717, 1.165) is 44.2 Å². The van der Waals surface area contributed by atoms with Gasteiger partial charge in [-0.3, -0.25) is 4.79 Å². The van der Waals surface area contributed by atoms with E-state index >= 15 is 0 Å². The number of aryl methyl sites for hydroxylation is 1.